The molecule has 1 saturated heterocycles. The van der Waals surface area contributed by atoms with Gasteiger partial charge in [-0.1, -0.05) is 41.9 Å². The van der Waals surface area contributed by atoms with E-state index in [0.29, 0.717) is 39.5 Å². The lowest BCUT2D eigenvalue weighted by atomic mass is 9.74. The standard InChI is InChI=1S/C26H35Cl2N5O4S/c1-8-36-23(34)19-21(30-15(2)22(32-19)38-17-9-12-29-20(28)18(17)27)33-13-10-26(7,11-14-33)16(3)31-24(35)37-25(4,5)6/h9,12,16H,8,10-11,13-14H2,1-7H3,(H,31,35). The van der Waals surface area contributed by atoms with Crippen molar-refractivity contribution in [2.45, 2.75) is 82.9 Å². The maximum absolute atomic E-state index is 12.9. The van der Waals surface area contributed by atoms with Gasteiger partial charge in [0.2, 0.25) is 0 Å². The summed E-state index contributed by atoms with van der Waals surface area (Å²) in [6.07, 6.45) is 2.68. The Hall–Kier alpha value is -2.30. The van der Waals surface area contributed by atoms with Crippen LogP contribution in [0.3, 0.4) is 0 Å². The van der Waals surface area contributed by atoms with E-state index in [4.69, 9.17) is 37.7 Å². The molecule has 3 heterocycles. The highest BCUT2D eigenvalue weighted by molar-refractivity contribution is 7.99. The molecule has 1 unspecified atom stereocenters. The third-order valence-corrected chi connectivity index (χ3v) is 8.50. The molecule has 2 aromatic rings. The average Bonchev–Trinajstić information content (AvgIpc) is 2.82. The van der Waals surface area contributed by atoms with Crippen molar-refractivity contribution in [3.63, 3.8) is 0 Å². The van der Waals surface area contributed by atoms with Crippen LogP contribution in [-0.4, -0.2) is 58.4 Å². The van der Waals surface area contributed by atoms with Crippen LogP contribution in [0.15, 0.2) is 22.2 Å². The molecule has 0 saturated carbocycles. The zero-order valence-corrected chi connectivity index (χ0v) is 25.2. The number of anilines is 1. The summed E-state index contributed by atoms with van der Waals surface area (Å²) in [6.45, 7) is 14.7. The predicted octanol–water partition coefficient (Wildman–Crippen LogP) is 6.33. The van der Waals surface area contributed by atoms with E-state index in [1.807, 2.05) is 34.6 Å². The Morgan fingerprint density at radius 2 is 1.89 bits per heavy atom. The summed E-state index contributed by atoms with van der Waals surface area (Å²) < 4.78 is 10.7. The molecule has 38 heavy (non-hydrogen) atoms. The van der Waals surface area contributed by atoms with Crippen molar-refractivity contribution < 1.29 is 19.1 Å². The van der Waals surface area contributed by atoms with Gasteiger partial charge in [-0.15, -0.1) is 0 Å². The molecule has 0 bridgehead atoms. The monoisotopic (exact) mass is 583 g/mol. The Bertz CT molecular complexity index is 1180. The number of pyridine rings is 1. The van der Waals surface area contributed by atoms with Gasteiger partial charge in [0, 0.05) is 30.2 Å². The molecule has 1 amide bonds. The van der Waals surface area contributed by atoms with Crippen molar-refractivity contribution in [1.29, 1.82) is 0 Å². The summed E-state index contributed by atoms with van der Waals surface area (Å²) >= 11 is 13.7. The van der Waals surface area contributed by atoms with Crippen LogP contribution in [0.1, 0.15) is 70.6 Å². The second-order valence-electron chi connectivity index (χ2n) is 10.5. The first-order valence-corrected chi connectivity index (χ1v) is 14.1. The maximum Gasteiger partial charge on any atom is 0.407 e. The molecule has 1 aliphatic heterocycles. The molecule has 1 atom stereocenters. The lowest BCUT2D eigenvalue weighted by Gasteiger charge is -2.44. The van der Waals surface area contributed by atoms with E-state index < -0.39 is 17.7 Å². The molecule has 9 nitrogen and oxygen atoms in total. The lowest BCUT2D eigenvalue weighted by molar-refractivity contribution is 0.0439. The van der Waals surface area contributed by atoms with Gasteiger partial charge >= 0.3 is 12.1 Å². The van der Waals surface area contributed by atoms with E-state index in [1.165, 1.54) is 11.8 Å². The van der Waals surface area contributed by atoms with Crippen LogP contribution >= 0.6 is 35.0 Å². The summed E-state index contributed by atoms with van der Waals surface area (Å²) in [5.41, 5.74) is 0.0795. The number of halogens is 2. The van der Waals surface area contributed by atoms with Gasteiger partial charge in [-0.2, -0.15) is 0 Å². The molecular formula is C26H35Cl2N5O4S. The average molecular weight is 585 g/mol. The predicted molar refractivity (Wildman–Crippen MR) is 149 cm³/mol. The van der Waals surface area contributed by atoms with Crippen molar-refractivity contribution in [1.82, 2.24) is 20.3 Å². The molecule has 1 fully saturated rings. The first-order valence-electron chi connectivity index (χ1n) is 12.5. The highest BCUT2D eigenvalue weighted by Gasteiger charge is 2.38. The van der Waals surface area contributed by atoms with E-state index >= 15 is 0 Å². The van der Waals surface area contributed by atoms with Crippen LogP contribution in [0.2, 0.25) is 10.2 Å². The number of nitrogens with one attached hydrogen (secondary N) is 1. The summed E-state index contributed by atoms with van der Waals surface area (Å²) in [6, 6.07) is 1.63. The van der Waals surface area contributed by atoms with Gasteiger partial charge in [-0.05, 0) is 65.9 Å². The van der Waals surface area contributed by atoms with Gasteiger partial charge < -0.3 is 19.7 Å². The first-order chi connectivity index (χ1) is 17.7. The van der Waals surface area contributed by atoms with Crippen LogP contribution in [0.4, 0.5) is 10.6 Å². The number of nitrogens with zero attached hydrogens (tertiary/aromatic N) is 4. The normalized spacial score (nSPS) is 16.1. The van der Waals surface area contributed by atoms with Gasteiger partial charge in [0.15, 0.2) is 11.5 Å². The van der Waals surface area contributed by atoms with Crippen LogP contribution in [-0.2, 0) is 9.47 Å². The van der Waals surface area contributed by atoms with Gasteiger partial charge in [0.1, 0.15) is 15.8 Å². The third-order valence-electron chi connectivity index (χ3n) is 6.48. The molecule has 12 heteroatoms. The number of carbonyl (C=O) groups excluding carboxylic acids is 2. The van der Waals surface area contributed by atoms with E-state index in [1.54, 1.807) is 19.2 Å². The summed E-state index contributed by atoms with van der Waals surface area (Å²) in [5, 5.41) is 4.02. The number of carbonyl (C=O) groups is 2. The quantitative estimate of drug-likeness (QED) is 0.295. The zero-order valence-electron chi connectivity index (χ0n) is 22.9. The smallest absolute Gasteiger partial charge is 0.407 e. The van der Waals surface area contributed by atoms with Crippen LogP contribution in [0.5, 0.6) is 0 Å². The number of aryl methyl sites for hydroxylation is 1. The van der Waals surface area contributed by atoms with E-state index in [9.17, 15) is 9.59 Å². The van der Waals surface area contributed by atoms with Crippen molar-refractivity contribution in [2.24, 2.45) is 5.41 Å². The molecular weight excluding hydrogens is 549 g/mol. The minimum atomic E-state index is -0.562. The molecule has 1 aliphatic rings. The second-order valence-corrected chi connectivity index (χ2v) is 12.3. The fourth-order valence-electron chi connectivity index (χ4n) is 4.05. The summed E-state index contributed by atoms with van der Waals surface area (Å²) in [7, 11) is 0. The van der Waals surface area contributed by atoms with E-state index in [-0.39, 0.29) is 28.9 Å². The SMILES string of the molecule is CCOC(=O)c1nc(Sc2ccnc(Cl)c2Cl)c(C)nc1N1CCC(C)(C(C)NC(=O)OC(C)(C)C)CC1. The van der Waals surface area contributed by atoms with Crippen LogP contribution < -0.4 is 10.2 Å². The van der Waals surface area contributed by atoms with E-state index in [2.05, 4.69) is 27.1 Å². The second kappa shape index (κ2) is 12.3. The minimum absolute atomic E-state index is 0.104. The molecule has 0 aliphatic carbocycles. The largest absolute Gasteiger partial charge is 0.461 e. The molecule has 0 aromatic carbocycles. The molecule has 3 rings (SSSR count). The highest BCUT2D eigenvalue weighted by atomic mass is 35.5. The highest BCUT2D eigenvalue weighted by Crippen LogP contribution is 2.39. The summed E-state index contributed by atoms with van der Waals surface area (Å²) in [4.78, 5) is 41.4. The van der Waals surface area contributed by atoms with Crippen LogP contribution in [0.25, 0.3) is 0 Å². The zero-order chi connectivity index (χ0) is 28.3. The van der Waals surface area contributed by atoms with E-state index in [0.717, 1.165) is 12.8 Å². The lowest BCUT2D eigenvalue weighted by Crippen LogP contribution is -2.51. The molecule has 0 spiro atoms. The maximum atomic E-state index is 12.9. The van der Waals surface area contributed by atoms with Gasteiger partial charge in [-0.3, -0.25) is 0 Å². The number of hydrogen-bond acceptors (Lipinski definition) is 9. The molecule has 208 valence electrons. The van der Waals surface area contributed by atoms with Gasteiger partial charge in [0.05, 0.1) is 17.3 Å². The summed E-state index contributed by atoms with van der Waals surface area (Å²) in [5.74, 6) is -0.0528. The number of hydrogen-bond donors (Lipinski definition) is 1. The Morgan fingerprint density at radius 1 is 1.24 bits per heavy atom. The van der Waals surface area contributed by atoms with Gasteiger partial charge in [0.25, 0.3) is 0 Å². The fourth-order valence-corrected chi connectivity index (χ4v) is 5.35. The van der Waals surface area contributed by atoms with Crippen molar-refractivity contribution in [2.75, 3.05) is 24.6 Å². The topological polar surface area (TPSA) is 107 Å². The van der Waals surface area contributed by atoms with Crippen molar-refractivity contribution in [3.05, 3.63) is 33.8 Å². The van der Waals surface area contributed by atoms with Crippen LogP contribution in [0, 0.1) is 12.3 Å². The number of rotatable bonds is 7. The number of amides is 1. The fraction of sp³-hybridized carbons (Fsp3) is 0.577. The minimum Gasteiger partial charge on any atom is -0.461 e. The Morgan fingerprint density at radius 3 is 2.50 bits per heavy atom. The molecule has 1 N–H and O–H groups in total. The Kier molecular flexibility index (Phi) is 9.76. The number of ether oxygens (including phenoxy) is 2. The Balaban J connectivity index is 1.82. The van der Waals surface area contributed by atoms with Crippen molar-refractivity contribution in [3.8, 4) is 0 Å². The Labute approximate surface area is 238 Å². The first kappa shape index (κ1) is 30.2. The molecule has 2 aromatic heterocycles. The number of piperidine rings is 1. The third kappa shape index (κ3) is 7.42. The van der Waals surface area contributed by atoms with Crippen molar-refractivity contribution >= 4 is 52.8 Å². The number of aromatic nitrogens is 3. The van der Waals surface area contributed by atoms with Gasteiger partial charge in [-0.25, -0.2) is 24.5 Å². The molecule has 0 radical (unpaired) electrons. The number of esters is 1. The number of alkyl carbamates (subject to hydrolysis) is 1.